The number of ether oxygens (including phenoxy) is 2. The molecule has 5 nitrogen and oxygen atoms in total. The van der Waals surface area contributed by atoms with Crippen molar-refractivity contribution in [2.75, 3.05) is 6.61 Å². The summed E-state index contributed by atoms with van der Waals surface area (Å²) >= 11 is 0. The lowest BCUT2D eigenvalue weighted by atomic mass is 10.2. The first kappa shape index (κ1) is 14.3. The molecule has 1 aromatic rings. The third-order valence-corrected chi connectivity index (χ3v) is 1.96. The predicted octanol–water partition coefficient (Wildman–Crippen LogP) is 2.66. The smallest absolute Gasteiger partial charge is 0.375 e. The van der Waals surface area contributed by atoms with Gasteiger partial charge in [-0.15, -0.1) is 0 Å². The minimum atomic E-state index is -0.661. The Bertz CT molecular complexity index is 417. The Kier molecular flexibility index (Phi) is 4.95. The van der Waals surface area contributed by atoms with E-state index >= 15 is 0 Å². The molecular formula is C13H18O5. The van der Waals surface area contributed by atoms with Gasteiger partial charge in [-0.3, -0.25) is 0 Å². The fourth-order valence-electron chi connectivity index (χ4n) is 1.22. The van der Waals surface area contributed by atoms with E-state index in [0.29, 0.717) is 6.61 Å². The van der Waals surface area contributed by atoms with Crippen molar-refractivity contribution in [1.29, 1.82) is 0 Å². The Balaban J connectivity index is 2.75. The largest absolute Gasteiger partial charge is 0.462 e. The standard InChI is InChI=1S/C13H18O5/c1-8(2)7-17-12(14)10-5-6-16-11(10)13(15)18-9(3)4/h5-6,8-9H,7H2,1-4H3. The quantitative estimate of drug-likeness (QED) is 0.756. The zero-order chi connectivity index (χ0) is 13.7. The van der Waals surface area contributed by atoms with E-state index in [0.717, 1.165) is 0 Å². The topological polar surface area (TPSA) is 65.7 Å². The summed E-state index contributed by atoms with van der Waals surface area (Å²) in [4.78, 5) is 23.4. The van der Waals surface area contributed by atoms with Crippen LogP contribution in [-0.4, -0.2) is 24.6 Å². The van der Waals surface area contributed by atoms with Gasteiger partial charge in [-0.25, -0.2) is 9.59 Å². The van der Waals surface area contributed by atoms with Crippen LogP contribution in [0.25, 0.3) is 0 Å². The van der Waals surface area contributed by atoms with E-state index in [9.17, 15) is 9.59 Å². The summed E-state index contributed by atoms with van der Waals surface area (Å²) in [6, 6.07) is 1.40. The highest BCUT2D eigenvalue weighted by molar-refractivity contribution is 6.01. The molecule has 0 amide bonds. The highest BCUT2D eigenvalue weighted by atomic mass is 16.6. The van der Waals surface area contributed by atoms with Gasteiger partial charge in [0.05, 0.1) is 19.0 Å². The van der Waals surface area contributed by atoms with E-state index in [1.54, 1.807) is 13.8 Å². The van der Waals surface area contributed by atoms with Crippen molar-refractivity contribution in [2.24, 2.45) is 5.92 Å². The van der Waals surface area contributed by atoms with Gasteiger partial charge in [-0.05, 0) is 25.8 Å². The van der Waals surface area contributed by atoms with Gasteiger partial charge in [0.25, 0.3) is 0 Å². The first-order valence-electron chi connectivity index (χ1n) is 5.87. The first-order chi connectivity index (χ1) is 8.41. The minimum absolute atomic E-state index is 0.0984. The van der Waals surface area contributed by atoms with Crippen LogP contribution >= 0.6 is 0 Å². The number of furan rings is 1. The molecule has 0 atom stereocenters. The van der Waals surface area contributed by atoms with Crippen molar-refractivity contribution in [3.05, 3.63) is 23.7 Å². The van der Waals surface area contributed by atoms with Crippen LogP contribution in [-0.2, 0) is 9.47 Å². The zero-order valence-electron chi connectivity index (χ0n) is 11.1. The number of carbonyl (C=O) groups excluding carboxylic acids is 2. The van der Waals surface area contributed by atoms with Gasteiger partial charge < -0.3 is 13.9 Å². The molecule has 0 aliphatic heterocycles. The maximum absolute atomic E-state index is 11.7. The summed E-state index contributed by atoms with van der Waals surface area (Å²) in [5.74, 6) is -1.12. The van der Waals surface area contributed by atoms with Crippen LogP contribution in [0.4, 0.5) is 0 Å². The summed E-state index contributed by atoms with van der Waals surface area (Å²) < 4.78 is 15.0. The molecule has 0 bridgehead atoms. The van der Waals surface area contributed by atoms with Gasteiger partial charge in [0, 0.05) is 0 Å². The Hall–Kier alpha value is -1.78. The highest BCUT2D eigenvalue weighted by Crippen LogP contribution is 2.14. The monoisotopic (exact) mass is 254 g/mol. The Labute approximate surface area is 106 Å². The zero-order valence-corrected chi connectivity index (χ0v) is 11.1. The molecule has 1 heterocycles. The predicted molar refractivity (Wildman–Crippen MR) is 64.4 cm³/mol. The van der Waals surface area contributed by atoms with Gasteiger partial charge in [0.2, 0.25) is 5.76 Å². The molecule has 0 radical (unpaired) electrons. The van der Waals surface area contributed by atoms with Crippen molar-refractivity contribution in [3.8, 4) is 0 Å². The molecular weight excluding hydrogens is 236 g/mol. The Morgan fingerprint density at radius 3 is 2.44 bits per heavy atom. The van der Waals surface area contributed by atoms with Gasteiger partial charge in [-0.1, -0.05) is 13.8 Å². The average molecular weight is 254 g/mol. The molecule has 0 N–H and O–H groups in total. The highest BCUT2D eigenvalue weighted by Gasteiger charge is 2.24. The van der Waals surface area contributed by atoms with Crippen molar-refractivity contribution in [1.82, 2.24) is 0 Å². The number of hydrogen-bond donors (Lipinski definition) is 0. The van der Waals surface area contributed by atoms with Crippen LogP contribution in [0.5, 0.6) is 0 Å². The maximum Gasteiger partial charge on any atom is 0.375 e. The molecule has 0 saturated carbocycles. The van der Waals surface area contributed by atoms with Gasteiger partial charge in [0.15, 0.2) is 0 Å². The third-order valence-electron chi connectivity index (χ3n) is 1.96. The molecule has 5 heteroatoms. The lowest BCUT2D eigenvalue weighted by molar-refractivity contribution is 0.0320. The maximum atomic E-state index is 11.7. The lowest BCUT2D eigenvalue weighted by Crippen LogP contribution is -2.16. The van der Waals surface area contributed by atoms with Gasteiger partial charge in [0.1, 0.15) is 5.56 Å². The normalized spacial score (nSPS) is 10.8. The van der Waals surface area contributed by atoms with Crippen LogP contribution in [0.3, 0.4) is 0 Å². The van der Waals surface area contributed by atoms with Crippen LogP contribution in [0.1, 0.15) is 48.6 Å². The van der Waals surface area contributed by atoms with Crippen LogP contribution in [0.2, 0.25) is 0 Å². The number of hydrogen-bond acceptors (Lipinski definition) is 5. The van der Waals surface area contributed by atoms with Crippen LogP contribution in [0, 0.1) is 5.92 Å². The number of rotatable bonds is 5. The first-order valence-corrected chi connectivity index (χ1v) is 5.87. The van der Waals surface area contributed by atoms with E-state index < -0.39 is 11.9 Å². The fourth-order valence-corrected chi connectivity index (χ4v) is 1.22. The minimum Gasteiger partial charge on any atom is -0.462 e. The molecule has 0 spiro atoms. The second-order valence-corrected chi connectivity index (χ2v) is 4.61. The Morgan fingerprint density at radius 1 is 1.22 bits per heavy atom. The van der Waals surface area contributed by atoms with Gasteiger partial charge >= 0.3 is 11.9 Å². The summed E-state index contributed by atoms with van der Waals surface area (Å²) in [5.41, 5.74) is 0.0984. The molecule has 0 unspecified atom stereocenters. The molecule has 1 rings (SSSR count). The molecule has 0 saturated heterocycles. The number of carbonyl (C=O) groups is 2. The van der Waals surface area contributed by atoms with Crippen molar-refractivity contribution in [2.45, 2.75) is 33.8 Å². The summed E-state index contributed by atoms with van der Waals surface area (Å²) in [5, 5.41) is 0. The van der Waals surface area contributed by atoms with E-state index in [-0.39, 0.29) is 23.3 Å². The van der Waals surface area contributed by atoms with Crippen molar-refractivity contribution >= 4 is 11.9 Å². The summed E-state index contributed by atoms with van der Waals surface area (Å²) in [6.45, 7) is 7.59. The summed E-state index contributed by atoms with van der Waals surface area (Å²) in [6.07, 6.45) is 0.991. The number of esters is 2. The molecule has 18 heavy (non-hydrogen) atoms. The fraction of sp³-hybridized carbons (Fsp3) is 0.538. The van der Waals surface area contributed by atoms with Crippen molar-refractivity contribution < 1.29 is 23.5 Å². The molecule has 0 aliphatic rings. The van der Waals surface area contributed by atoms with Crippen molar-refractivity contribution in [3.63, 3.8) is 0 Å². The molecule has 0 fully saturated rings. The van der Waals surface area contributed by atoms with Crippen LogP contribution in [0.15, 0.2) is 16.7 Å². The second kappa shape index (κ2) is 6.23. The molecule has 0 aliphatic carbocycles. The van der Waals surface area contributed by atoms with E-state index in [4.69, 9.17) is 13.9 Å². The molecule has 100 valence electrons. The van der Waals surface area contributed by atoms with E-state index in [2.05, 4.69) is 0 Å². The SMILES string of the molecule is CC(C)COC(=O)c1ccoc1C(=O)OC(C)C. The third kappa shape index (κ3) is 3.91. The van der Waals surface area contributed by atoms with E-state index in [1.807, 2.05) is 13.8 Å². The van der Waals surface area contributed by atoms with Gasteiger partial charge in [-0.2, -0.15) is 0 Å². The molecule has 0 aromatic carbocycles. The Morgan fingerprint density at radius 2 is 1.89 bits per heavy atom. The lowest BCUT2D eigenvalue weighted by Gasteiger charge is -2.08. The average Bonchev–Trinajstić information content (AvgIpc) is 2.73. The van der Waals surface area contributed by atoms with Crippen LogP contribution < -0.4 is 0 Å². The second-order valence-electron chi connectivity index (χ2n) is 4.61. The summed E-state index contributed by atoms with van der Waals surface area (Å²) in [7, 11) is 0. The molecule has 1 aromatic heterocycles. The van der Waals surface area contributed by atoms with E-state index in [1.165, 1.54) is 12.3 Å².